The lowest BCUT2D eigenvalue weighted by atomic mass is 10.2. The summed E-state index contributed by atoms with van der Waals surface area (Å²) in [5.41, 5.74) is 0.967. The Morgan fingerprint density at radius 1 is 1.30 bits per heavy atom. The number of rotatable bonds is 7. The van der Waals surface area contributed by atoms with Gasteiger partial charge in [-0.15, -0.1) is 0 Å². The summed E-state index contributed by atoms with van der Waals surface area (Å²) >= 11 is 0. The van der Waals surface area contributed by atoms with E-state index in [1.807, 2.05) is 31.2 Å². The Hall–Kier alpha value is -2.04. The number of hydrogen-bond acceptors (Lipinski definition) is 3. The van der Waals surface area contributed by atoms with E-state index >= 15 is 0 Å². The largest absolute Gasteiger partial charge is 0.494 e. The van der Waals surface area contributed by atoms with Gasteiger partial charge in [0.25, 0.3) is 0 Å². The highest BCUT2D eigenvalue weighted by Gasteiger charge is 2.48. The number of carboxylic acid groups (broad SMARTS) is 1. The van der Waals surface area contributed by atoms with Gasteiger partial charge in [-0.25, -0.2) is 0 Å². The fourth-order valence-electron chi connectivity index (χ4n) is 2.00. The second-order valence-electron chi connectivity index (χ2n) is 5.00. The van der Waals surface area contributed by atoms with E-state index < -0.39 is 11.9 Å². The summed E-state index contributed by atoms with van der Waals surface area (Å²) in [5, 5.41) is 11.5. The van der Waals surface area contributed by atoms with Gasteiger partial charge in [0.1, 0.15) is 5.75 Å². The van der Waals surface area contributed by atoms with Crippen LogP contribution < -0.4 is 10.1 Å². The van der Waals surface area contributed by atoms with Crippen LogP contribution in [-0.4, -0.2) is 23.6 Å². The predicted molar refractivity (Wildman–Crippen MR) is 73.3 cm³/mol. The number of benzene rings is 1. The molecule has 1 fully saturated rings. The maximum Gasteiger partial charge on any atom is 0.307 e. The normalized spacial score (nSPS) is 20.2. The summed E-state index contributed by atoms with van der Waals surface area (Å²) in [6.07, 6.45) is 1.41. The van der Waals surface area contributed by atoms with E-state index in [0.717, 1.165) is 17.7 Å². The molecule has 5 heteroatoms. The first kappa shape index (κ1) is 14.4. The third-order valence-corrected chi connectivity index (χ3v) is 3.31. The zero-order valence-corrected chi connectivity index (χ0v) is 11.5. The molecule has 1 aromatic rings. The number of carbonyl (C=O) groups excluding carboxylic acids is 1. The molecule has 0 radical (unpaired) electrons. The van der Waals surface area contributed by atoms with E-state index in [0.29, 0.717) is 19.6 Å². The summed E-state index contributed by atoms with van der Waals surface area (Å²) in [7, 11) is 0. The summed E-state index contributed by atoms with van der Waals surface area (Å²) < 4.78 is 5.47. The number of amides is 1. The Morgan fingerprint density at radius 3 is 2.55 bits per heavy atom. The fraction of sp³-hybridized carbons (Fsp3) is 0.467. The van der Waals surface area contributed by atoms with Crippen LogP contribution in [0.3, 0.4) is 0 Å². The van der Waals surface area contributed by atoms with E-state index in [1.165, 1.54) is 0 Å². The third kappa shape index (κ3) is 3.73. The third-order valence-electron chi connectivity index (χ3n) is 3.31. The molecule has 0 bridgehead atoms. The van der Waals surface area contributed by atoms with Crippen LogP contribution in [0.25, 0.3) is 0 Å². The molecule has 1 aliphatic rings. The standard InChI is InChI=1S/C15H19NO4/c1-2-7-20-11-5-3-10(4-6-11)9-16-14(17)12-8-13(12)15(18)19/h3-6,12-13H,2,7-9H2,1H3,(H,16,17)(H,18,19). The number of ether oxygens (including phenoxy) is 1. The molecule has 2 rings (SSSR count). The Morgan fingerprint density at radius 2 is 2.00 bits per heavy atom. The van der Waals surface area contributed by atoms with E-state index in [9.17, 15) is 9.59 Å². The van der Waals surface area contributed by atoms with Gasteiger partial charge in [-0.1, -0.05) is 19.1 Å². The van der Waals surface area contributed by atoms with Gasteiger partial charge in [-0.05, 0) is 30.5 Å². The highest BCUT2D eigenvalue weighted by atomic mass is 16.5. The minimum absolute atomic E-state index is 0.177. The first-order chi connectivity index (χ1) is 9.61. The van der Waals surface area contributed by atoms with Crippen molar-refractivity contribution in [1.29, 1.82) is 0 Å². The van der Waals surface area contributed by atoms with Crippen molar-refractivity contribution in [2.75, 3.05) is 6.61 Å². The maximum atomic E-state index is 11.7. The minimum atomic E-state index is -0.887. The van der Waals surface area contributed by atoms with Gasteiger partial charge >= 0.3 is 5.97 Å². The monoisotopic (exact) mass is 277 g/mol. The zero-order chi connectivity index (χ0) is 14.5. The van der Waals surface area contributed by atoms with E-state index in [-0.39, 0.29) is 11.8 Å². The molecular formula is C15H19NO4. The molecular weight excluding hydrogens is 258 g/mol. The molecule has 2 atom stereocenters. The molecule has 0 heterocycles. The second-order valence-corrected chi connectivity index (χ2v) is 5.00. The topological polar surface area (TPSA) is 75.6 Å². The summed E-state index contributed by atoms with van der Waals surface area (Å²) in [4.78, 5) is 22.4. The molecule has 20 heavy (non-hydrogen) atoms. The van der Waals surface area contributed by atoms with Crippen LogP contribution >= 0.6 is 0 Å². The van der Waals surface area contributed by atoms with Crippen molar-refractivity contribution in [2.45, 2.75) is 26.3 Å². The molecule has 2 N–H and O–H groups in total. The van der Waals surface area contributed by atoms with Crippen molar-refractivity contribution in [3.63, 3.8) is 0 Å². The van der Waals surface area contributed by atoms with Crippen molar-refractivity contribution >= 4 is 11.9 Å². The zero-order valence-electron chi connectivity index (χ0n) is 11.5. The molecule has 108 valence electrons. The number of hydrogen-bond donors (Lipinski definition) is 2. The number of nitrogens with one attached hydrogen (secondary N) is 1. The molecule has 0 aromatic heterocycles. The Labute approximate surface area is 117 Å². The van der Waals surface area contributed by atoms with Crippen LogP contribution in [0.5, 0.6) is 5.75 Å². The molecule has 1 aliphatic carbocycles. The summed E-state index contributed by atoms with van der Waals surface area (Å²) in [5.74, 6) is -1.11. The highest BCUT2D eigenvalue weighted by molar-refractivity contribution is 5.89. The van der Waals surface area contributed by atoms with Crippen molar-refractivity contribution in [3.8, 4) is 5.75 Å². The van der Waals surface area contributed by atoms with Crippen LogP contribution in [0.2, 0.25) is 0 Å². The molecule has 1 aromatic carbocycles. The average Bonchev–Trinajstić information content (AvgIpc) is 3.24. The van der Waals surface area contributed by atoms with Gasteiger partial charge in [0.2, 0.25) is 5.91 Å². The smallest absolute Gasteiger partial charge is 0.307 e. The average molecular weight is 277 g/mol. The van der Waals surface area contributed by atoms with Gasteiger partial charge in [0.15, 0.2) is 0 Å². The quantitative estimate of drug-likeness (QED) is 0.797. The van der Waals surface area contributed by atoms with Crippen molar-refractivity contribution < 1.29 is 19.4 Å². The van der Waals surface area contributed by atoms with E-state index in [4.69, 9.17) is 9.84 Å². The molecule has 2 unspecified atom stereocenters. The van der Waals surface area contributed by atoms with Gasteiger partial charge in [-0.3, -0.25) is 9.59 Å². The minimum Gasteiger partial charge on any atom is -0.494 e. The van der Waals surface area contributed by atoms with E-state index in [2.05, 4.69) is 5.32 Å². The van der Waals surface area contributed by atoms with Crippen LogP contribution in [0.1, 0.15) is 25.3 Å². The van der Waals surface area contributed by atoms with Crippen LogP contribution in [-0.2, 0) is 16.1 Å². The van der Waals surface area contributed by atoms with Crippen LogP contribution in [0.4, 0.5) is 0 Å². The SMILES string of the molecule is CCCOc1ccc(CNC(=O)C2CC2C(=O)O)cc1. The molecule has 0 spiro atoms. The number of carboxylic acids is 1. The van der Waals surface area contributed by atoms with Crippen molar-refractivity contribution in [3.05, 3.63) is 29.8 Å². The Kier molecular flexibility index (Phi) is 4.61. The molecule has 1 saturated carbocycles. The van der Waals surface area contributed by atoms with E-state index in [1.54, 1.807) is 0 Å². The number of aliphatic carboxylic acids is 1. The highest BCUT2D eigenvalue weighted by Crippen LogP contribution is 2.38. The van der Waals surface area contributed by atoms with Gasteiger partial charge < -0.3 is 15.2 Å². The lowest BCUT2D eigenvalue weighted by Gasteiger charge is -2.07. The first-order valence-corrected chi connectivity index (χ1v) is 6.84. The molecule has 1 amide bonds. The summed E-state index contributed by atoms with van der Waals surface area (Å²) in [6, 6.07) is 7.53. The van der Waals surface area contributed by atoms with Crippen LogP contribution in [0.15, 0.2) is 24.3 Å². The van der Waals surface area contributed by atoms with Crippen molar-refractivity contribution in [2.24, 2.45) is 11.8 Å². The van der Waals surface area contributed by atoms with Gasteiger partial charge in [0, 0.05) is 6.54 Å². The summed E-state index contributed by atoms with van der Waals surface area (Å²) in [6.45, 7) is 3.15. The van der Waals surface area contributed by atoms with Gasteiger partial charge in [0.05, 0.1) is 18.4 Å². The Bertz CT molecular complexity index is 483. The number of carbonyl (C=O) groups is 2. The second kappa shape index (κ2) is 6.41. The Balaban J connectivity index is 1.77. The molecule has 0 saturated heterocycles. The fourth-order valence-corrected chi connectivity index (χ4v) is 2.00. The van der Waals surface area contributed by atoms with Crippen LogP contribution in [0, 0.1) is 11.8 Å². The van der Waals surface area contributed by atoms with Crippen molar-refractivity contribution in [1.82, 2.24) is 5.32 Å². The first-order valence-electron chi connectivity index (χ1n) is 6.84. The van der Waals surface area contributed by atoms with Gasteiger partial charge in [-0.2, -0.15) is 0 Å². The lowest BCUT2D eigenvalue weighted by molar-refractivity contribution is -0.140. The molecule has 0 aliphatic heterocycles. The predicted octanol–water partition coefficient (Wildman–Crippen LogP) is 1.81. The lowest BCUT2D eigenvalue weighted by Crippen LogP contribution is -2.25. The molecule has 5 nitrogen and oxygen atoms in total. The maximum absolute atomic E-state index is 11.7.